The molecule has 0 bridgehead atoms. The minimum absolute atomic E-state index is 0.104. The first kappa shape index (κ1) is 119. The second-order valence-corrected chi connectivity index (χ2v) is 37.1. The Balaban J connectivity index is 1.19. The molecule has 0 radical (unpaired) electrons. The summed E-state index contributed by atoms with van der Waals surface area (Å²) in [4.78, 5) is 79.8. The number of aliphatic hydroxyl groups is 20. The molecule has 137 heavy (non-hydrogen) atoms. The Morgan fingerprint density at radius 2 is 0.737 bits per heavy atom. The number of rotatable bonds is 62. The summed E-state index contributed by atoms with van der Waals surface area (Å²) in [7, 11) is 0. The fourth-order valence-electron chi connectivity index (χ4n) is 18.4. The van der Waals surface area contributed by atoms with Crippen LogP contribution in [-0.4, -0.2) is 428 Å². The number of amides is 5. The fraction of sp³-hybridized carbons (Fsp3) is 0.912. The molecule has 0 aliphatic carbocycles. The quantitative estimate of drug-likeness (QED) is 0.0202. The highest BCUT2D eigenvalue weighted by molar-refractivity contribution is 5.77. The Kier molecular flexibility index (Phi) is 53.5. The van der Waals surface area contributed by atoms with Crippen LogP contribution in [0.5, 0.6) is 0 Å². The van der Waals surface area contributed by atoms with E-state index in [-0.39, 0.29) is 6.42 Å². The zero-order valence-corrected chi connectivity index (χ0v) is 79.7. The van der Waals surface area contributed by atoms with Gasteiger partial charge in [0.1, 0.15) is 165 Å². The molecule has 7 rings (SSSR count). The molecule has 46 heteroatoms. The van der Waals surface area contributed by atoms with Crippen molar-refractivity contribution in [3.8, 4) is 0 Å². The number of carbonyl (C=O) groups excluding carboxylic acids is 5. The van der Waals surface area contributed by atoms with Crippen LogP contribution in [0.3, 0.4) is 0 Å². The van der Waals surface area contributed by atoms with Crippen LogP contribution in [-0.2, 0) is 95.1 Å². The van der Waals surface area contributed by atoms with E-state index < -0.39 is 327 Å². The van der Waals surface area contributed by atoms with Crippen LogP contribution in [0.2, 0.25) is 0 Å². The predicted molar refractivity (Wildman–Crippen MR) is 476 cm³/mol. The number of hydrogen-bond acceptors (Lipinski definition) is 40. The molecule has 7 saturated heterocycles. The van der Waals surface area contributed by atoms with Crippen LogP contribution in [0.15, 0.2) is 12.2 Å². The Morgan fingerprint density at radius 3 is 1.17 bits per heavy atom. The van der Waals surface area contributed by atoms with Gasteiger partial charge in [0.05, 0.1) is 77.1 Å². The first-order valence-electron chi connectivity index (χ1n) is 49.1. The van der Waals surface area contributed by atoms with E-state index >= 15 is 0 Å². The Labute approximate surface area is 799 Å². The smallest absolute Gasteiger partial charge is 0.364 e. The van der Waals surface area contributed by atoms with Crippen LogP contribution in [0.1, 0.15) is 241 Å². The third-order valence-electron chi connectivity index (χ3n) is 26.1. The van der Waals surface area contributed by atoms with Gasteiger partial charge < -0.3 is 200 Å². The molecule has 5 amide bonds. The van der Waals surface area contributed by atoms with E-state index in [4.69, 9.17) is 66.3 Å². The SMILES string of the molecule is CCCCCCCCCCCCC/C=C/[C@@H](O)[C@H](CO[C@@H]1OC(CO)[C@@H](O[C@@H]2OC(CO)[C@H](O[C@@H]3OC(CO)[C@H](O)[C@H](O)C3NC(C)=O)[C@H](O[C@@H]3OC(CO)[C@@H](O)[C@H](O[C@@H]4OC(CO)[C@H](O[C@@H]5OC(CO)[C@H](O)[C@H](O)C5NC(C)=O)[C@H](O[C@]5(C(=O)O)CC(O)[C@@H](NC(C)=O)C([C@H](O)[C@H](O)CO)O5)C4O)C3NC(C)=O)C2O)[C@H](O)C1O)NC(=O)CCCCCCCCCCCCCCCCCCC. The molecule has 0 aromatic carbocycles. The van der Waals surface area contributed by atoms with Crippen LogP contribution in [0.4, 0.5) is 0 Å². The summed E-state index contributed by atoms with van der Waals surface area (Å²) in [5, 5.41) is 253. The number of carboxylic acid groups (broad SMARTS) is 1. The van der Waals surface area contributed by atoms with E-state index in [0.717, 1.165) is 91.9 Å². The van der Waals surface area contributed by atoms with Gasteiger partial charge in [-0.2, -0.15) is 0 Å². The molecule has 7 fully saturated rings. The van der Waals surface area contributed by atoms with Gasteiger partial charge in [-0.25, -0.2) is 4.79 Å². The molecule has 46 nitrogen and oxygen atoms in total. The lowest BCUT2D eigenvalue weighted by atomic mass is 9.88. The minimum Gasteiger partial charge on any atom is -0.477 e. The molecule has 796 valence electrons. The summed E-state index contributed by atoms with van der Waals surface area (Å²) >= 11 is 0. The largest absolute Gasteiger partial charge is 0.477 e. The number of nitrogens with one attached hydrogen (secondary N) is 5. The molecule has 7 aliphatic heterocycles. The van der Waals surface area contributed by atoms with Crippen molar-refractivity contribution in [3.05, 3.63) is 12.2 Å². The van der Waals surface area contributed by atoms with Gasteiger partial charge in [-0.3, -0.25) is 24.0 Å². The van der Waals surface area contributed by atoms with Crippen molar-refractivity contribution in [1.82, 2.24) is 26.6 Å². The average molecular weight is 1980 g/mol. The number of ether oxygens (including phenoxy) is 14. The van der Waals surface area contributed by atoms with Crippen LogP contribution < -0.4 is 26.6 Å². The summed E-state index contributed by atoms with van der Waals surface area (Å²) in [5.74, 6) is -9.92. The Morgan fingerprint density at radius 1 is 0.380 bits per heavy atom. The van der Waals surface area contributed by atoms with E-state index in [0.29, 0.717) is 12.8 Å². The first-order chi connectivity index (χ1) is 65.5. The predicted octanol–water partition coefficient (Wildman–Crippen LogP) is -4.33. The van der Waals surface area contributed by atoms with Gasteiger partial charge in [0.2, 0.25) is 29.5 Å². The van der Waals surface area contributed by atoms with E-state index in [9.17, 15) is 136 Å². The summed E-state index contributed by atoms with van der Waals surface area (Å²) in [6.45, 7) is -0.676. The minimum atomic E-state index is -3.49. The monoisotopic (exact) mass is 1980 g/mol. The van der Waals surface area contributed by atoms with Crippen LogP contribution >= 0.6 is 0 Å². The standard InChI is InChI=1S/C91H161N5O41/c1-7-9-11-13-15-17-19-21-22-23-24-26-28-30-32-34-36-38-62(111)96-52(53(108)37-35-33-31-29-27-25-20-18-16-14-12-10-8-2)47-124-87-74(119)73(118)77(59(44-101)128-87)131-88-75(120)82(78(60(45-102)129-88)132-84-64(93-49(4)105)71(116)68(113)56(41-98)125-84)135-86-66(95-51(6)107)80(70(115)58(43-100)127-86)134-89-76(121)83(79(61(46-103)130-89)133-85-65(94-50(5)106)72(117)69(114)57(42-99)126-85)137-91(90(122)123)39-54(109)63(92-48(3)104)81(136-91)67(112)55(110)40-97/h35,37,52-61,63-89,97-103,108-110,112-121H,7-34,36,38-47H2,1-6H3,(H,92,104)(H,93,105)(H,94,106)(H,95,107)(H,96,111)(H,122,123)/b37-35+/t52-,53+,54?,55+,56?,57?,58?,59?,60?,61?,63+,64?,65?,66?,67+,68-,69-,70+,71+,72+,73+,74?,75?,76?,77+,78-,79-,80+,81?,82+,83+,84-,85-,86-,87+,88-,89-,91-/m0/s1. The number of allylic oxidation sites excluding steroid dienone is 1. The van der Waals surface area contributed by atoms with Crippen molar-refractivity contribution in [3.63, 3.8) is 0 Å². The maximum atomic E-state index is 14.0. The normalized spacial score (nSPS) is 36.3. The number of unbranched alkanes of at least 4 members (excludes halogenated alkanes) is 27. The highest BCUT2D eigenvalue weighted by Gasteiger charge is 2.64. The molecule has 0 aromatic rings. The van der Waals surface area contributed by atoms with Crippen molar-refractivity contribution >= 4 is 35.5 Å². The van der Waals surface area contributed by atoms with Crippen molar-refractivity contribution in [2.45, 2.75) is 473 Å². The number of carbonyl (C=O) groups is 6. The van der Waals surface area contributed by atoms with Crippen molar-refractivity contribution < 1.29 is 202 Å². The topological polar surface area (TPSA) is 717 Å². The summed E-state index contributed by atoms with van der Waals surface area (Å²) in [6.07, 6.45) is -34.7. The maximum Gasteiger partial charge on any atom is 0.364 e. The molecule has 0 aromatic heterocycles. The van der Waals surface area contributed by atoms with Gasteiger partial charge in [0, 0.05) is 40.5 Å². The van der Waals surface area contributed by atoms with Gasteiger partial charge in [-0.15, -0.1) is 0 Å². The lowest BCUT2D eigenvalue weighted by Gasteiger charge is -2.53. The Bertz CT molecular complexity index is 3470. The lowest BCUT2D eigenvalue weighted by molar-refractivity contribution is -0.404. The molecule has 7 heterocycles. The fourth-order valence-corrected chi connectivity index (χ4v) is 18.4. The average Bonchev–Trinajstić information content (AvgIpc) is 0.753. The lowest BCUT2D eigenvalue weighted by Crippen LogP contribution is -2.73. The molecule has 38 atom stereocenters. The zero-order chi connectivity index (χ0) is 101. The van der Waals surface area contributed by atoms with Crippen LogP contribution in [0, 0.1) is 0 Å². The van der Waals surface area contributed by atoms with Crippen molar-refractivity contribution in [2.75, 3.05) is 52.9 Å². The molecule has 0 spiro atoms. The van der Waals surface area contributed by atoms with Gasteiger partial charge in [-0.1, -0.05) is 193 Å². The molecule has 7 aliphatic rings. The second-order valence-electron chi connectivity index (χ2n) is 37.1. The number of hydrogen-bond donors (Lipinski definition) is 26. The first-order valence-corrected chi connectivity index (χ1v) is 49.1. The summed E-state index contributed by atoms with van der Waals surface area (Å²) < 4.78 is 86.4. The number of aliphatic carboxylic acids is 1. The summed E-state index contributed by atoms with van der Waals surface area (Å²) in [5.41, 5.74) is 0. The van der Waals surface area contributed by atoms with Gasteiger partial charge in [0.15, 0.2) is 37.7 Å². The van der Waals surface area contributed by atoms with Gasteiger partial charge in [0.25, 0.3) is 5.79 Å². The number of carboxylic acids is 1. The van der Waals surface area contributed by atoms with E-state index in [1.54, 1.807) is 6.08 Å². The van der Waals surface area contributed by atoms with E-state index in [2.05, 4.69) is 40.4 Å². The second kappa shape index (κ2) is 61.5. The van der Waals surface area contributed by atoms with Crippen molar-refractivity contribution in [2.24, 2.45) is 0 Å². The van der Waals surface area contributed by atoms with Crippen LogP contribution in [0.25, 0.3) is 0 Å². The third kappa shape index (κ3) is 35.3. The molecular formula is C91H161N5O41. The van der Waals surface area contributed by atoms with Gasteiger partial charge >= 0.3 is 5.97 Å². The highest BCUT2D eigenvalue weighted by Crippen LogP contribution is 2.43. The van der Waals surface area contributed by atoms with Crippen molar-refractivity contribution in [1.29, 1.82) is 0 Å². The molecular weight excluding hydrogens is 1820 g/mol. The molecule has 0 saturated carbocycles. The highest BCUT2D eigenvalue weighted by atomic mass is 16.8. The van der Waals surface area contributed by atoms with E-state index in [1.165, 1.54) is 115 Å². The maximum absolute atomic E-state index is 14.0. The van der Waals surface area contributed by atoms with Gasteiger partial charge in [-0.05, 0) is 19.3 Å². The molecule has 14 unspecified atom stereocenters. The van der Waals surface area contributed by atoms with E-state index in [1.807, 2.05) is 0 Å². The zero-order valence-electron chi connectivity index (χ0n) is 79.7. The number of aliphatic hydroxyl groups excluding tert-OH is 20. The Hall–Kier alpha value is -4.80. The molecule has 26 N–H and O–H groups in total. The summed E-state index contributed by atoms with van der Waals surface area (Å²) in [6, 6.07) is -8.91. The third-order valence-corrected chi connectivity index (χ3v) is 26.1.